The third-order valence-electron chi connectivity index (χ3n) is 11.6. The molecule has 0 aromatic rings. The normalized spacial score (nSPS) is 34.3. The molecule has 14 heteroatoms. The third-order valence-corrected chi connectivity index (χ3v) is 11.6. The van der Waals surface area contributed by atoms with E-state index in [1.165, 1.54) is 14.2 Å². The average molecular weight is 697 g/mol. The maximum absolute atomic E-state index is 13.1. The molecule has 0 spiro atoms. The molecule has 0 aromatic heterocycles. The highest BCUT2D eigenvalue weighted by molar-refractivity contribution is 5.86. The number of aliphatic carboxylic acids is 2. The van der Waals surface area contributed by atoms with Gasteiger partial charge in [0.25, 0.3) is 0 Å². The Kier molecular flexibility index (Phi) is 15.1. The number of carboxylic acids is 2. The molecule has 7 atom stereocenters. The molecule has 0 aliphatic heterocycles. The van der Waals surface area contributed by atoms with Crippen LogP contribution in [0.3, 0.4) is 0 Å². The van der Waals surface area contributed by atoms with Gasteiger partial charge in [0.05, 0.1) is 56.0 Å². The maximum Gasteiger partial charge on any atom is 0.308 e. The van der Waals surface area contributed by atoms with E-state index in [9.17, 15) is 39.4 Å². The summed E-state index contributed by atoms with van der Waals surface area (Å²) in [6.45, 7) is 1.12. The highest BCUT2D eigenvalue weighted by Gasteiger charge is 2.45. The van der Waals surface area contributed by atoms with E-state index in [1.54, 1.807) is 0 Å². The van der Waals surface area contributed by atoms with Gasteiger partial charge in [-0.05, 0) is 108 Å². The summed E-state index contributed by atoms with van der Waals surface area (Å²) in [5, 5.41) is 32.6. The van der Waals surface area contributed by atoms with Crippen LogP contribution in [-0.4, -0.2) is 96.9 Å². The van der Waals surface area contributed by atoms with Gasteiger partial charge in [-0.25, -0.2) is 5.48 Å². The molecule has 1 amide bonds. The predicted molar refractivity (Wildman–Crippen MR) is 173 cm³/mol. The lowest BCUT2D eigenvalue weighted by molar-refractivity contribution is -0.155. The number of methoxy groups -OCH3 is 2. The van der Waals surface area contributed by atoms with Crippen molar-refractivity contribution in [3.63, 3.8) is 0 Å². The lowest BCUT2D eigenvalue weighted by Crippen LogP contribution is -2.49. The van der Waals surface area contributed by atoms with Crippen molar-refractivity contribution in [2.45, 2.75) is 121 Å². The monoisotopic (exact) mass is 696 g/mol. The van der Waals surface area contributed by atoms with Crippen LogP contribution in [-0.2, 0) is 42.9 Å². The summed E-state index contributed by atoms with van der Waals surface area (Å²) in [6.07, 6.45) is 9.26. The number of hydroxylamine groups is 1. The van der Waals surface area contributed by atoms with Gasteiger partial charge in [0.2, 0.25) is 5.91 Å². The van der Waals surface area contributed by atoms with E-state index in [2.05, 4.69) is 10.8 Å². The molecule has 4 saturated carbocycles. The number of esters is 2. The van der Waals surface area contributed by atoms with E-state index in [0.29, 0.717) is 38.9 Å². The first-order valence-corrected chi connectivity index (χ1v) is 18.1. The van der Waals surface area contributed by atoms with Crippen LogP contribution in [0.25, 0.3) is 0 Å². The second kappa shape index (κ2) is 19.0. The quantitative estimate of drug-likeness (QED) is 0.0948. The molecule has 0 bridgehead atoms. The van der Waals surface area contributed by atoms with Gasteiger partial charge in [0.1, 0.15) is 0 Å². The van der Waals surface area contributed by atoms with Gasteiger partial charge in [-0.2, -0.15) is 0 Å². The van der Waals surface area contributed by atoms with Gasteiger partial charge in [-0.3, -0.25) is 24.0 Å². The summed E-state index contributed by atoms with van der Waals surface area (Å²) in [6, 6.07) is -0.471. The number of hydrogen-bond acceptors (Lipinski definition) is 11. The molecule has 0 saturated heterocycles. The molecule has 49 heavy (non-hydrogen) atoms. The molecule has 5 N–H and O–H groups in total. The fourth-order valence-corrected chi connectivity index (χ4v) is 8.83. The van der Waals surface area contributed by atoms with Crippen molar-refractivity contribution in [3.05, 3.63) is 0 Å². The van der Waals surface area contributed by atoms with Crippen molar-refractivity contribution < 1.29 is 58.3 Å². The molecule has 278 valence electrons. The minimum absolute atomic E-state index is 0.0539. The van der Waals surface area contributed by atoms with E-state index in [1.807, 2.05) is 0 Å². The van der Waals surface area contributed by atoms with Crippen molar-refractivity contribution in [2.24, 2.45) is 41.4 Å². The van der Waals surface area contributed by atoms with Gasteiger partial charge >= 0.3 is 23.9 Å². The highest BCUT2D eigenvalue weighted by atomic mass is 16.5. The van der Waals surface area contributed by atoms with E-state index in [4.69, 9.17) is 18.9 Å². The molecular formula is C35H56N2O12. The minimum atomic E-state index is -1.01. The number of carboxylic acid groups (broad SMARTS) is 2. The Hall–Kier alpha value is -2.81. The van der Waals surface area contributed by atoms with Crippen LogP contribution in [0, 0.1) is 41.4 Å². The zero-order valence-corrected chi connectivity index (χ0v) is 28.9. The summed E-state index contributed by atoms with van der Waals surface area (Å²) in [4.78, 5) is 61.1. The van der Waals surface area contributed by atoms with Crippen LogP contribution in [0.1, 0.15) is 96.3 Å². The van der Waals surface area contributed by atoms with Gasteiger partial charge in [-0.1, -0.05) is 0 Å². The minimum Gasteiger partial charge on any atom is -0.481 e. The van der Waals surface area contributed by atoms with E-state index < -0.39 is 47.6 Å². The van der Waals surface area contributed by atoms with E-state index in [-0.39, 0.29) is 60.7 Å². The Balaban J connectivity index is 1.11. The number of carbonyl (C=O) groups is 5. The first kappa shape index (κ1) is 39.0. The largest absolute Gasteiger partial charge is 0.481 e. The Morgan fingerprint density at radius 3 is 1.67 bits per heavy atom. The Bertz CT molecular complexity index is 1120. The van der Waals surface area contributed by atoms with Crippen LogP contribution in [0.4, 0.5) is 0 Å². The molecule has 4 rings (SSSR count). The fourth-order valence-electron chi connectivity index (χ4n) is 8.83. The zero-order valence-electron chi connectivity index (χ0n) is 28.9. The number of carbonyl (C=O) groups excluding carboxylic acids is 3. The topological polar surface area (TPSA) is 207 Å². The molecule has 4 aliphatic carbocycles. The second-order valence-corrected chi connectivity index (χ2v) is 14.5. The van der Waals surface area contributed by atoms with Crippen molar-refractivity contribution >= 4 is 29.8 Å². The first-order chi connectivity index (χ1) is 23.6. The van der Waals surface area contributed by atoms with E-state index in [0.717, 1.165) is 57.8 Å². The molecule has 4 aliphatic rings. The summed E-state index contributed by atoms with van der Waals surface area (Å²) >= 11 is 0. The zero-order chi connectivity index (χ0) is 35.5. The molecule has 0 radical (unpaired) electrons. The first-order valence-electron chi connectivity index (χ1n) is 18.1. The molecule has 14 nitrogen and oxygen atoms in total. The van der Waals surface area contributed by atoms with Crippen molar-refractivity contribution in [3.8, 4) is 0 Å². The average Bonchev–Trinajstić information content (AvgIpc) is 3.11. The number of nitrogens with one attached hydrogen (secondary N) is 2. The van der Waals surface area contributed by atoms with Crippen LogP contribution in [0.2, 0.25) is 0 Å². The third kappa shape index (κ3) is 10.6. The van der Waals surface area contributed by atoms with Crippen LogP contribution >= 0.6 is 0 Å². The van der Waals surface area contributed by atoms with E-state index >= 15 is 0 Å². The Morgan fingerprint density at radius 2 is 1.16 bits per heavy atom. The standard InChI is InChI=1S/C35H56N2O12/c1-46-34(43)21-6-14-26(32(39)40)28(18-21)30(37-45)20-4-10-24(11-5-20)48-16-3-17-49-25-12-8-23(9-13-25)36-31(38)29-19-22(35(44)47-2)7-15-27(29)33(41)42/h20-30,37,45H,3-19H2,1-2H3,(H,36,38)(H,39,40)(H,41,42). The van der Waals surface area contributed by atoms with Crippen LogP contribution in [0.15, 0.2) is 0 Å². The van der Waals surface area contributed by atoms with Crippen LogP contribution < -0.4 is 10.8 Å². The van der Waals surface area contributed by atoms with Gasteiger partial charge in [0.15, 0.2) is 0 Å². The molecule has 4 fully saturated rings. The number of rotatable bonds is 15. The highest BCUT2D eigenvalue weighted by Crippen LogP contribution is 2.42. The molecule has 7 unspecified atom stereocenters. The number of ether oxygens (including phenoxy) is 4. The summed E-state index contributed by atoms with van der Waals surface area (Å²) < 4.78 is 22.0. The van der Waals surface area contributed by atoms with Crippen molar-refractivity contribution in [1.82, 2.24) is 10.8 Å². The number of amides is 1. The van der Waals surface area contributed by atoms with Gasteiger partial charge in [-0.15, -0.1) is 0 Å². The van der Waals surface area contributed by atoms with Crippen molar-refractivity contribution in [1.29, 1.82) is 0 Å². The van der Waals surface area contributed by atoms with Crippen molar-refractivity contribution in [2.75, 3.05) is 27.4 Å². The lowest BCUT2D eigenvalue weighted by Gasteiger charge is -2.42. The van der Waals surface area contributed by atoms with Gasteiger partial charge in [0, 0.05) is 25.3 Å². The maximum atomic E-state index is 13.1. The Labute approximate surface area is 288 Å². The molecular weight excluding hydrogens is 640 g/mol. The van der Waals surface area contributed by atoms with Gasteiger partial charge < -0.3 is 39.7 Å². The molecule has 0 aromatic carbocycles. The molecule has 0 heterocycles. The second-order valence-electron chi connectivity index (χ2n) is 14.5. The summed E-state index contributed by atoms with van der Waals surface area (Å²) in [7, 11) is 2.65. The predicted octanol–water partition coefficient (Wildman–Crippen LogP) is 3.32. The van der Waals surface area contributed by atoms with Crippen LogP contribution in [0.5, 0.6) is 0 Å². The summed E-state index contributed by atoms with van der Waals surface area (Å²) in [5.74, 6) is -6.21. The fraction of sp³-hybridized carbons (Fsp3) is 0.857. The SMILES string of the molecule is COC(=O)C1CCC(C(=O)O)C(C(=O)NC2CCC(OCCCOC3CCC(C(NO)C4CC(C(=O)OC)CCC4C(=O)O)CC3)CC2)C1. The Morgan fingerprint density at radius 1 is 0.653 bits per heavy atom. The number of hydrogen-bond donors (Lipinski definition) is 5. The smallest absolute Gasteiger partial charge is 0.308 e. The summed E-state index contributed by atoms with van der Waals surface area (Å²) in [5.41, 5.74) is 2.42. The lowest BCUT2D eigenvalue weighted by atomic mass is 9.66.